The monoisotopic (exact) mass is 362 g/mol. The largest absolute Gasteiger partial charge is 0.495 e. The van der Waals surface area contributed by atoms with E-state index in [2.05, 4.69) is 4.72 Å². The molecule has 1 heterocycles. The van der Waals surface area contributed by atoms with Gasteiger partial charge in [-0.2, -0.15) is 4.31 Å². The van der Waals surface area contributed by atoms with E-state index < -0.39 is 20.0 Å². The molecule has 9 heteroatoms. The lowest BCUT2D eigenvalue weighted by molar-refractivity contribution is 0.416. The minimum Gasteiger partial charge on any atom is -0.495 e. The molecule has 0 aliphatic carbocycles. The summed E-state index contributed by atoms with van der Waals surface area (Å²) in [5, 5.41) is 0. The van der Waals surface area contributed by atoms with Crippen molar-refractivity contribution in [3.8, 4) is 5.75 Å². The van der Waals surface area contributed by atoms with Gasteiger partial charge in [-0.15, -0.1) is 0 Å². The fourth-order valence-electron chi connectivity index (χ4n) is 2.49. The summed E-state index contributed by atoms with van der Waals surface area (Å²) in [5.41, 5.74) is 0.140. The predicted octanol–water partition coefficient (Wildman–Crippen LogP) is 1.63. The average Bonchev–Trinajstić information content (AvgIpc) is 3.01. The molecule has 0 atom stereocenters. The van der Waals surface area contributed by atoms with Crippen molar-refractivity contribution in [3.05, 3.63) is 18.2 Å². The highest BCUT2D eigenvalue weighted by atomic mass is 32.2. The van der Waals surface area contributed by atoms with Crippen molar-refractivity contribution < 1.29 is 21.6 Å². The lowest BCUT2D eigenvalue weighted by atomic mass is 10.3. The van der Waals surface area contributed by atoms with Gasteiger partial charge in [0.2, 0.25) is 20.0 Å². The Balaban J connectivity index is 2.39. The third-order valence-electron chi connectivity index (χ3n) is 3.61. The van der Waals surface area contributed by atoms with E-state index in [4.69, 9.17) is 4.74 Å². The van der Waals surface area contributed by atoms with E-state index in [1.165, 1.54) is 29.6 Å². The molecular formula is C14H22N2O5S2. The average molecular weight is 362 g/mol. The maximum Gasteiger partial charge on any atom is 0.243 e. The zero-order chi connectivity index (χ0) is 17.1. The highest BCUT2D eigenvalue weighted by molar-refractivity contribution is 7.92. The Morgan fingerprint density at radius 1 is 1.17 bits per heavy atom. The summed E-state index contributed by atoms with van der Waals surface area (Å²) in [6, 6.07) is 4.22. The van der Waals surface area contributed by atoms with Crippen LogP contribution in [0.5, 0.6) is 5.75 Å². The first kappa shape index (κ1) is 18.0. The van der Waals surface area contributed by atoms with Crippen LogP contribution < -0.4 is 9.46 Å². The van der Waals surface area contributed by atoms with E-state index in [1.807, 2.05) is 0 Å². The van der Waals surface area contributed by atoms with Crippen molar-refractivity contribution in [2.45, 2.75) is 31.1 Å². The Kier molecular flexibility index (Phi) is 5.53. The molecule has 0 aromatic heterocycles. The summed E-state index contributed by atoms with van der Waals surface area (Å²) < 4.78 is 58.0. The number of benzene rings is 1. The second kappa shape index (κ2) is 7.06. The SMILES string of the molecule is CCCS(=O)(=O)Nc1cc(S(=O)(=O)N2CCCC2)ccc1OC. The highest BCUT2D eigenvalue weighted by Gasteiger charge is 2.28. The van der Waals surface area contributed by atoms with Crippen LogP contribution in [0.4, 0.5) is 5.69 Å². The van der Waals surface area contributed by atoms with Gasteiger partial charge in [0.05, 0.1) is 23.4 Å². The topological polar surface area (TPSA) is 92.8 Å². The number of ether oxygens (including phenoxy) is 1. The number of rotatable bonds is 7. The molecular weight excluding hydrogens is 340 g/mol. The van der Waals surface area contributed by atoms with Gasteiger partial charge < -0.3 is 4.74 Å². The number of nitrogens with zero attached hydrogens (tertiary/aromatic N) is 1. The Hall–Kier alpha value is -1.32. The molecule has 1 aliphatic heterocycles. The van der Waals surface area contributed by atoms with Gasteiger partial charge in [0.15, 0.2) is 0 Å². The van der Waals surface area contributed by atoms with Crippen molar-refractivity contribution in [3.63, 3.8) is 0 Å². The van der Waals surface area contributed by atoms with Crippen LogP contribution in [0.25, 0.3) is 0 Å². The van der Waals surface area contributed by atoms with Crippen molar-refractivity contribution in [1.29, 1.82) is 0 Å². The van der Waals surface area contributed by atoms with Crippen LogP contribution in [0.2, 0.25) is 0 Å². The normalized spacial score (nSPS) is 16.4. The summed E-state index contributed by atoms with van der Waals surface area (Å²) in [7, 11) is -5.74. The third kappa shape index (κ3) is 4.15. The van der Waals surface area contributed by atoms with Crippen LogP contribution in [0.3, 0.4) is 0 Å². The fourth-order valence-corrected chi connectivity index (χ4v) is 5.17. The molecule has 1 aromatic carbocycles. The molecule has 0 bridgehead atoms. The lowest BCUT2D eigenvalue weighted by Gasteiger charge is -2.17. The molecule has 0 unspecified atom stereocenters. The number of nitrogens with one attached hydrogen (secondary N) is 1. The van der Waals surface area contributed by atoms with Gasteiger partial charge in [-0.3, -0.25) is 4.72 Å². The molecule has 0 amide bonds. The van der Waals surface area contributed by atoms with Crippen molar-refractivity contribution in [2.24, 2.45) is 0 Å². The quantitative estimate of drug-likeness (QED) is 0.796. The van der Waals surface area contributed by atoms with E-state index >= 15 is 0 Å². The maximum atomic E-state index is 12.6. The number of methoxy groups -OCH3 is 1. The minimum absolute atomic E-state index is 0.0424. The van der Waals surface area contributed by atoms with E-state index in [9.17, 15) is 16.8 Å². The zero-order valence-electron chi connectivity index (χ0n) is 13.3. The summed E-state index contributed by atoms with van der Waals surface area (Å²) in [5.74, 6) is 0.240. The summed E-state index contributed by atoms with van der Waals surface area (Å²) in [4.78, 5) is 0.0643. The van der Waals surface area contributed by atoms with E-state index in [0.29, 0.717) is 19.5 Å². The van der Waals surface area contributed by atoms with Crippen LogP contribution in [0.15, 0.2) is 23.1 Å². The first-order valence-electron chi connectivity index (χ1n) is 7.49. The molecule has 1 aliphatic rings. The number of sulfonamides is 2. The van der Waals surface area contributed by atoms with Gasteiger partial charge in [-0.05, 0) is 37.5 Å². The standard InChI is InChI=1S/C14H22N2O5S2/c1-3-10-22(17,18)15-13-11-12(6-7-14(13)21-2)23(19,20)16-8-4-5-9-16/h6-7,11,15H,3-5,8-10H2,1-2H3. The molecule has 1 fully saturated rings. The molecule has 0 saturated carbocycles. The lowest BCUT2D eigenvalue weighted by Crippen LogP contribution is -2.28. The molecule has 1 aromatic rings. The van der Waals surface area contributed by atoms with Gasteiger partial charge in [-0.25, -0.2) is 16.8 Å². The van der Waals surface area contributed by atoms with Crippen LogP contribution in [0.1, 0.15) is 26.2 Å². The Labute approximate surface area is 137 Å². The van der Waals surface area contributed by atoms with E-state index in [1.54, 1.807) is 6.92 Å². The summed E-state index contributed by atoms with van der Waals surface area (Å²) >= 11 is 0. The third-order valence-corrected chi connectivity index (χ3v) is 6.98. The molecule has 23 heavy (non-hydrogen) atoms. The molecule has 0 spiro atoms. The fraction of sp³-hybridized carbons (Fsp3) is 0.571. The molecule has 0 radical (unpaired) electrons. The number of hydrogen-bond donors (Lipinski definition) is 1. The molecule has 7 nitrogen and oxygen atoms in total. The van der Waals surface area contributed by atoms with Crippen molar-refractivity contribution in [2.75, 3.05) is 30.7 Å². The summed E-state index contributed by atoms with van der Waals surface area (Å²) in [6.45, 7) is 2.74. The summed E-state index contributed by atoms with van der Waals surface area (Å²) in [6.07, 6.45) is 2.14. The first-order chi connectivity index (χ1) is 10.8. The Morgan fingerprint density at radius 2 is 1.83 bits per heavy atom. The van der Waals surface area contributed by atoms with Gasteiger partial charge >= 0.3 is 0 Å². The molecule has 1 N–H and O–H groups in total. The molecule has 2 rings (SSSR count). The van der Waals surface area contributed by atoms with E-state index in [0.717, 1.165) is 12.8 Å². The van der Waals surface area contributed by atoms with Crippen molar-refractivity contribution >= 4 is 25.7 Å². The van der Waals surface area contributed by atoms with Gasteiger partial charge in [0, 0.05) is 13.1 Å². The molecule has 1 saturated heterocycles. The second-order valence-electron chi connectivity index (χ2n) is 5.39. The predicted molar refractivity (Wildman–Crippen MR) is 88.7 cm³/mol. The van der Waals surface area contributed by atoms with Crippen LogP contribution in [0, 0.1) is 0 Å². The number of hydrogen-bond acceptors (Lipinski definition) is 5. The van der Waals surface area contributed by atoms with E-state index in [-0.39, 0.29) is 22.1 Å². The van der Waals surface area contributed by atoms with Crippen LogP contribution >= 0.6 is 0 Å². The first-order valence-corrected chi connectivity index (χ1v) is 10.6. The Morgan fingerprint density at radius 3 is 2.39 bits per heavy atom. The minimum atomic E-state index is -3.61. The zero-order valence-corrected chi connectivity index (χ0v) is 14.9. The maximum absolute atomic E-state index is 12.6. The van der Waals surface area contributed by atoms with Gasteiger partial charge in [0.1, 0.15) is 5.75 Å². The van der Waals surface area contributed by atoms with Gasteiger partial charge in [-0.1, -0.05) is 6.92 Å². The smallest absolute Gasteiger partial charge is 0.243 e. The second-order valence-corrected chi connectivity index (χ2v) is 9.17. The Bertz CT molecular complexity index is 753. The van der Waals surface area contributed by atoms with Crippen LogP contribution in [-0.2, 0) is 20.0 Å². The van der Waals surface area contributed by atoms with Gasteiger partial charge in [0.25, 0.3) is 0 Å². The number of anilines is 1. The molecule has 130 valence electrons. The van der Waals surface area contributed by atoms with Crippen molar-refractivity contribution in [1.82, 2.24) is 4.31 Å². The highest BCUT2D eigenvalue weighted by Crippen LogP contribution is 2.30. The van der Waals surface area contributed by atoms with Crippen LogP contribution in [-0.4, -0.2) is 47.1 Å².